The van der Waals surface area contributed by atoms with Crippen molar-refractivity contribution >= 4 is 23.6 Å². The summed E-state index contributed by atoms with van der Waals surface area (Å²) < 4.78 is 44.2. The molecular formula is C22H20ClF3N6O2. The molecule has 1 aliphatic heterocycles. The normalized spacial score (nSPS) is 14.1. The Bertz CT molecular complexity index is 1180. The molecule has 1 N–H and O–H groups in total. The lowest BCUT2D eigenvalue weighted by Gasteiger charge is -2.38. The first-order chi connectivity index (χ1) is 16.1. The summed E-state index contributed by atoms with van der Waals surface area (Å²) in [5.74, 6) is 0.280. The molecule has 3 heterocycles. The van der Waals surface area contributed by atoms with Gasteiger partial charge in [-0.25, -0.2) is 9.78 Å². The summed E-state index contributed by atoms with van der Waals surface area (Å²) in [6.45, 7) is 4.41. The van der Waals surface area contributed by atoms with E-state index in [1.54, 1.807) is 11.0 Å². The number of hydrogen-bond acceptors (Lipinski definition) is 7. The number of aromatic nitrogens is 4. The molecule has 1 aromatic carbocycles. The summed E-state index contributed by atoms with van der Waals surface area (Å²) in [6.07, 6.45) is -2.31. The Kier molecular flexibility index (Phi) is 6.56. The fourth-order valence-electron chi connectivity index (χ4n) is 3.31. The van der Waals surface area contributed by atoms with E-state index < -0.39 is 17.8 Å². The third kappa shape index (κ3) is 5.19. The minimum absolute atomic E-state index is 0.0402. The lowest BCUT2D eigenvalue weighted by atomic mass is 10.0. The van der Waals surface area contributed by atoms with Crippen molar-refractivity contribution in [2.45, 2.75) is 32.2 Å². The van der Waals surface area contributed by atoms with Crippen LogP contribution >= 0.6 is 11.6 Å². The van der Waals surface area contributed by atoms with Gasteiger partial charge in [0.1, 0.15) is 17.5 Å². The number of carbonyl (C=O) groups excluding carboxylic acids is 1. The van der Waals surface area contributed by atoms with Crippen LogP contribution in [-0.2, 0) is 10.9 Å². The van der Waals surface area contributed by atoms with E-state index in [1.165, 1.54) is 24.5 Å². The SMILES string of the molecule is CC(C)NC(=O)OC1CN(c2nnc(-c3ccc(C(F)(F)F)cc3)c(-c3ccncc3Cl)n2)C1. The number of hydrogen-bond donors (Lipinski definition) is 1. The number of halogens is 4. The Hall–Kier alpha value is -3.47. The standard InChI is InChI=1S/C22H20ClF3N6O2/c1-12(2)28-21(33)34-15-10-32(11-15)20-29-19(16-7-8-27-9-17(16)23)18(30-31-20)13-3-5-14(6-4-13)22(24,25)26/h3-9,12,15H,10-11H2,1-2H3,(H,28,33). The van der Waals surface area contributed by atoms with Crippen LogP contribution in [0.1, 0.15) is 19.4 Å². The van der Waals surface area contributed by atoms with Crippen molar-refractivity contribution in [1.29, 1.82) is 0 Å². The number of pyridine rings is 1. The van der Waals surface area contributed by atoms with E-state index in [0.717, 1.165) is 12.1 Å². The molecule has 0 radical (unpaired) electrons. The van der Waals surface area contributed by atoms with Gasteiger partial charge in [-0.05, 0) is 32.0 Å². The predicted molar refractivity (Wildman–Crippen MR) is 119 cm³/mol. The molecule has 4 rings (SSSR count). The van der Waals surface area contributed by atoms with E-state index >= 15 is 0 Å². The molecule has 1 saturated heterocycles. The average molecular weight is 493 g/mol. The van der Waals surface area contributed by atoms with E-state index in [1.807, 2.05) is 13.8 Å². The minimum atomic E-state index is -4.45. The Morgan fingerprint density at radius 3 is 2.47 bits per heavy atom. The number of alkyl carbamates (subject to hydrolysis) is 1. The molecule has 12 heteroatoms. The van der Waals surface area contributed by atoms with Crippen molar-refractivity contribution in [2.24, 2.45) is 0 Å². The molecule has 0 saturated carbocycles. The van der Waals surface area contributed by atoms with Crippen LogP contribution in [0.15, 0.2) is 42.7 Å². The van der Waals surface area contributed by atoms with Gasteiger partial charge in [0.2, 0.25) is 5.95 Å². The Morgan fingerprint density at radius 1 is 1.15 bits per heavy atom. The summed E-state index contributed by atoms with van der Waals surface area (Å²) in [6, 6.07) is 6.18. The van der Waals surface area contributed by atoms with E-state index in [4.69, 9.17) is 16.3 Å². The van der Waals surface area contributed by atoms with E-state index in [0.29, 0.717) is 34.9 Å². The van der Waals surface area contributed by atoms with Gasteiger partial charge in [0.25, 0.3) is 0 Å². The fraction of sp³-hybridized carbons (Fsp3) is 0.318. The molecule has 0 bridgehead atoms. The van der Waals surface area contributed by atoms with Crippen LogP contribution in [0, 0.1) is 0 Å². The van der Waals surface area contributed by atoms with Crippen molar-refractivity contribution in [1.82, 2.24) is 25.5 Å². The monoisotopic (exact) mass is 492 g/mol. The number of nitrogens with one attached hydrogen (secondary N) is 1. The van der Waals surface area contributed by atoms with E-state index in [2.05, 4.69) is 25.5 Å². The molecule has 178 valence electrons. The Balaban J connectivity index is 1.62. The number of amides is 1. The highest BCUT2D eigenvalue weighted by Gasteiger charge is 2.33. The maximum absolute atomic E-state index is 13.0. The van der Waals surface area contributed by atoms with Crippen LogP contribution in [-0.4, -0.2) is 51.5 Å². The molecule has 2 aromatic heterocycles. The van der Waals surface area contributed by atoms with Gasteiger partial charge in [0, 0.05) is 29.6 Å². The summed E-state index contributed by atoms with van der Waals surface area (Å²) in [7, 11) is 0. The largest absolute Gasteiger partial charge is 0.442 e. The Morgan fingerprint density at radius 2 is 1.85 bits per heavy atom. The number of rotatable bonds is 5. The van der Waals surface area contributed by atoms with Crippen LogP contribution in [0.2, 0.25) is 5.02 Å². The van der Waals surface area contributed by atoms with Gasteiger partial charge in [-0.1, -0.05) is 23.7 Å². The average Bonchev–Trinajstić information content (AvgIpc) is 2.75. The maximum atomic E-state index is 13.0. The zero-order valence-electron chi connectivity index (χ0n) is 18.2. The highest BCUT2D eigenvalue weighted by molar-refractivity contribution is 6.33. The lowest BCUT2D eigenvalue weighted by Crippen LogP contribution is -2.55. The minimum Gasteiger partial charge on any atom is -0.442 e. The molecule has 0 aliphatic carbocycles. The van der Waals surface area contributed by atoms with Gasteiger partial charge in [-0.2, -0.15) is 13.2 Å². The zero-order valence-corrected chi connectivity index (χ0v) is 18.9. The molecule has 0 atom stereocenters. The molecule has 1 aliphatic rings. The van der Waals surface area contributed by atoms with Crippen molar-refractivity contribution in [3.63, 3.8) is 0 Å². The Labute approximate surface area is 198 Å². The molecule has 8 nitrogen and oxygen atoms in total. The number of benzene rings is 1. The molecule has 0 spiro atoms. The molecule has 1 amide bonds. The van der Waals surface area contributed by atoms with Gasteiger partial charge in [-0.3, -0.25) is 4.98 Å². The topological polar surface area (TPSA) is 93.1 Å². The molecule has 3 aromatic rings. The predicted octanol–water partition coefficient (Wildman–Crippen LogP) is 4.60. The summed E-state index contributed by atoms with van der Waals surface area (Å²) in [5, 5.41) is 11.4. The number of carbonyl (C=O) groups is 1. The second kappa shape index (κ2) is 9.41. The van der Waals surface area contributed by atoms with Crippen molar-refractivity contribution in [3.8, 4) is 22.5 Å². The van der Waals surface area contributed by atoms with Crippen LogP contribution in [0.25, 0.3) is 22.5 Å². The third-order valence-electron chi connectivity index (χ3n) is 5.00. The van der Waals surface area contributed by atoms with Crippen molar-refractivity contribution in [2.75, 3.05) is 18.0 Å². The van der Waals surface area contributed by atoms with Gasteiger partial charge < -0.3 is 15.0 Å². The van der Waals surface area contributed by atoms with Gasteiger partial charge in [-0.15, -0.1) is 10.2 Å². The van der Waals surface area contributed by atoms with E-state index in [9.17, 15) is 18.0 Å². The second-order valence-corrected chi connectivity index (χ2v) is 8.38. The fourth-order valence-corrected chi connectivity index (χ4v) is 3.52. The number of alkyl halides is 3. The molecule has 0 unspecified atom stereocenters. The highest BCUT2D eigenvalue weighted by Crippen LogP contribution is 2.36. The van der Waals surface area contributed by atoms with Gasteiger partial charge >= 0.3 is 12.3 Å². The van der Waals surface area contributed by atoms with E-state index in [-0.39, 0.29) is 23.8 Å². The number of ether oxygens (including phenoxy) is 1. The van der Waals surface area contributed by atoms with Crippen molar-refractivity contribution in [3.05, 3.63) is 53.3 Å². The molecular weight excluding hydrogens is 473 g/mol. The smallest absolute Gasteiger partial charge is 0.416 e. The maximum Gasteiger partial charge on any atom is 0.416 e. The lowest BCUT2D eigenvalue weighted by molar-refractivity contribution is -0.137. The molecule has 34 heavy (non-hydrogen) atoms. The summed E-state index contributed by atoms with van der Waals surface area (Å²) in [4.78, 5) is 22.1. The number of anilines is 1. The first-order valence-electron chi connectivity index (χ1n) is 10.4. The van der Waals surface area contributed by atoms with Crippen molar-refractivity contribution < 1.29 is 22.7 Å². The zero-order chi connectivity index (χ0) is 24.5. The highest BCUT2D eigenvalue weighted by atomic mass is 35.5. The quantitative estimate of drug-likeness (QED) is 0.556. The summed E-state index contributed by atoms with van der Waals surface area (Å²) >= 11 is 6.33. The van der Waals surface area contributed by atoms with Gasteiger partial charge in [0.05, 0.1) is 23.7 Å². The van der Waals surface area contributed by atoms with Crippen LogP contribution in [0.5, 0.6) is 0 Å². The first kappa shape index (κ1) is 23.7. The first-order valence-corrected chi connectivity index (χ1v) is 10.7. The van der Waals surface area contributed by atoms with Crippen LogP contribution in [0.3, 0.4) is 0 Å². The summed E-state index contributed by atoms with van der Waals surface area (Å²) in [5.41, 5.74) is 0.754. The molecule has 1 fully saturated rings. The van der Waals surface area contributed by atoms with Gasteiger partial charge in [0.15, 0.2) is 0 Å². The second-order valence-electron chi connectivity index (χ2n) is 7.97. The van der Waals surface area contributed by atoms with Crippen LogP contribution < -0.4 is 10.2 Å². The third-order valence-corrected chi connectivity index (χ3v) is 5.30. The van der Waals surface area contributed by atoms with Crippen LogP contribution in [0.4, 0.5) is 23.9 Å². The number of nitrogens with zero attached hydrogens (tertiary/aromatic N) is 5.